The number of thiazole rings is 1. The number of hydrogen-bond donors (Lipinski definition) is 1. The lowest BCUT2D eigenvalue weighted by Crippen LogP contribution is -1.89. The Bertz CT molecular complexity index is 318. The molecule has 1 saturated heterocycles. The van der Waals surface area contributed by atoms with Crippen LogP contribution in [0, 0.1) is 0 Å². The summed E-state index contributed by atoms with van der Waals surface area (Å²) in [6, 6.07) is 0. The number of carboxylic acids is 1. The first kappa shape index (κ1) is 9.02. The van der Waals surface area contributed by atoms with Crippen molar-refractivity contribution in [1.29, 1.82) is 0 Å². The van der Waals surface area contributed by atoms with Gasteiger partial charge >= 0.3 is 5.97 Å². The first-order chi connectivity index (χ1) is 6.27. The van der Waals surface area contributed by atoms with E-state index in [1.807, 2.05) is 11.8 Å². The zero-order valence-electron chi connectivity index (χ0n) is 6.90. The molecule has 2 rings (SSSR count). The van der Waals surface area contributed by atoms with Crippen LogP contribution >= 0.6 is 23.1 Å². The van der Waals surface area contributed by atoms with Crippen molar-refractivity contribution >= 4 is 29.1 Å². The van der Waals surface area contributed by atoms with Gasteiger partial charge in [-0.25, -0.2) is 9.78 Å². The summed E-state index contributed by atoms with van der Waals surface area (Å²) in [6.45, 7) is 0. The first-order valence-electron chi connectivity index (χ1n) is 4.08. The molecule has 1 atom stereocenters. The van der Waals surface area contributed by atoms with E-state index >= 15 is 0 Å². The van der Waals surface area contributed by atoms with Gasteiger partial charge in [0.25, 0.3) is 0 Å². The molecule has 0 aliphatic carbocycles. The monoisotopic (exact) mass is 215 g/mol. The maximum atomic E-state index is 10.6. The zero-order chi connectivity index (χ0) is 9.26. The molecular formula is C8H9NO2S2. The summed E-state index contributed by atoms with van der Waals surface area (Å²) in [5.41, 5.74) is 0. The molecule has 1 unspecified atom stereocenters. The van der Waals surface area contributed by atoms with E-state index in [0.29, 0.717) is 10.1 Å². The Hall–Kier alpha value is -0.550. The summed E-state index contributed by atoms with van der Waals surface area (Å²) >= 11 is 3.18. The van der Waals surface area contributed by atoms with Crippen LogP contribution in [0.4, 0.5) is 0 Å². The molecule has 0 amide bonds. The van der Waals surface area contributed by atoms with Gasteiger partial charge in [0.1, 0.15) is 9.88 Å². The average Bonchev–Trinajstić information content (AvgIpc) is 2.75. The summed E-state index contributed by atoms with van der Waals surface area (Å²) in [5.74, 6) is 0.305. The van der Waals surface area contributed by atoms with E-state index in [0.717, 1.165) is 11.4 Å². The third-order valence-electron chi connectivity index (χ3n) is 1.94. The number of carboxylic acid groups (broad SMARTS) is 1. The molecule has 1 aliphatic heterocycles. The number of nitrogens with zero attached hydrogens (tertiary/aromatic N) is 1. The largest absolute Gasteiger partial charge is 0.477 e. The van der Waals surface area contributed by atoms with Crippen LogP contribution < -0.4 is 0 Å². The van der Waals surface area contributed by atoms with Crippen LogP contribution in [0.3, 0.4) is 0 Å². The predicted octanol–water partition coefficient (Wildman–Crippen LogP) is 2.41. The van der Waals surface area contributed by atoms with Gasteiger partial charge in [0.05, 0.1) is 11.4 Å². The lowest BCUT2D eigenvalue weighted by atomic mass is 10.3. The molecule has 0 spiro atoms. The highest BCUT2D eigenvalue weighted by molar-refractivity contribution is 7.99. The van der Waals surface area contributed by atoms with Crippen LogP contribution in [-0.4, -0.2) is 21.8 Å². The van der Waals surface area contributed by atoms with Crippen LogP contribution in [0.5, 0.6) is 0 Å². The second-order valence-electron chi connectivity index (χ2n) is 2.87. The second kappa shape index (κ2) is 3.67. The lowest BCUT2D eigenvalue weighted by Gasteiger charge is -2.01. The Labute approximate surface area is 84.2 Å². The Morgan fingerprint density at radius 3 is 3.08 bits per heavy atom. The predicted molar refractivity (Wildman–Crippen MR) is 53.5 cm³/mol. The van der Waals surface area contributed by atoms with Gasteiger partial charge in [0, 0.05) is 0 Å². The summed E-state index contributed by atoms with van der Waals surface area (Å²) in [4.78, 5) is 15.1. The van der Waals surface area contributed by atoms with Gasteiger partial charge in [-0.05, 0) is 18.6 Å². The summed E-state index contributed by atoms with van der Waals surface area (Å²) in [6.07, 6.45) is 3.82. The molecule has 0 radical (unpaired) electrons. The van der Waals surface area contributed by atoms with Gasteiger partial charge < -0.3 is 5.11 Å². The van der Waals surface area contributed by atoms with Crippen molar-refractivity contribution < 1.29 is 9.90 Å². The van der Waals surface area contributed by atoms with E-state index in [-0.39, 0.29) is 0 Å². The molecule has 13 heavy (non-hydrogen) atoms. The molecule has 1 aromatic heterocycles. The van der Waals surface area contributed by atoms with Gasteiger partial charge in [0.15, 0.2) is 0 Å². The highest BCUT2D eigenvalue weighted by atomic mass is 32.2. The first-order valence-corrected chi connectivity index (χ1v) is 5.94. The van der Waals surface area contributed by atoms with Crippen molar-refractivity contribution in [3.05, 3.63) is 16.1 Å². The van der Waals surface area contributed by atoms with Gasteiger partial charge in [-0.2, -0.15) is 11.8 Å². The fraction of sp³-hybridized carbons (Fsp3) is 0.500. The van der Waals surface area contributed by atoms with E-state index in [1.165, 1.54) is 29.7 Å². The molecule has 0 bridgehead atoms. The molecule has 0 aromatic carbocycles. The van der Waals surface area contributed by atoms with Crippen molar-refractivity contribution in [3.63, 3.8) is 0 Å². The quantitative estimate of drug-likeness (QED) is 0.823. The van der Waals surface area contributed by atoms with Crippen LogP contribution in [0.15, 0.2) is 6.20 Å². The zero-order valence-corrected chi connectivity index (χ0v) is 8.53. The third kappa shape index (κ3) is 1.86. The van der Waals surface area contributed by atoms with Gasteiger partial charge in [-0.1, -0.05) is 0 Å². The maximum absolute atomic E-state index is 10.6. The second-order valence-corrected chi connectivity index (χ2v) is 5.24. The topological polar surface area (TPSA) is 50.2 Å². The van der Waals surface area contributed by atoms with Crippen molar-refractivity contribution in [2.45, 2.75) is 18.1 Å². The number of hydrogen-bond acceptors (Lipinski definition) is 4. The molecule has 2 heterocycles. The molecule has 1 fully saturated rings. The van der Waals surface area contributed by atoms with Crippen molar-refractivity contribution in [3.8, 4) is 0 Å². The van der Waals surface area contributed by atoms with E-state index in [9.17, 15) is 4.79 Å². The SMILES string of the molecule is O=C(O)c1cnc(C2CCCS2)s1. The third-order valence-corrected chi connectivity index (χ3v) is 4.57. The number of thioether (sulfide) groups is 1. The van der Waals surface area contributed by atoms with Crippen LogP contribution in [-0.2, 0) is 0 Å². The molecule has 1 aliphatic rings. The van der Waals surface area contributed by atoms with Crippen LogP contribution in [0.1, 0.15) is 32.8 Å². The van der Waals surface area contributed by atoms with Crippen molar-refractivity contribution in [2.75, 3.05) is 5.75 Å². The number of aromatic nitrogens is 1. The van der Waals surface area contributed by atoms with Crippen LogP contribution in [0.2, 0.25) is 0 Å². The minimum absolute atomic E-state index is 0.350. The summed E-state index contributed by atoms with van der Waals surface area (Å²) in [5, 5.41) is 10.1. The molecule has 1 N–H and O–H groups in total. The number of carbonyl (C=O) groups is 1. The normalized spacial score (nSPS) is 22.0. The molecule has 0 saturated carbocycles. The molecule has 1 aromatic rings. The number of aromatic carboxylic acids is 1. The van der Waals surface area contributed by atoms with Crippen LogP contribution in [0.25, 0.3) is 0 Å². The standard InChI is InChI=1S/C8H9NO2S2/c10-8(11)6-4-9-7(13-6)5-2-1-3-12-5/h4-5H,1-3H2,(H,10,11). The molecule has 70 valence electrons. The van der Waals surface area contributed by atoms with Crippen molar-refractivity contribution in [1.82, 2.24) is 4.98 Å². The highest BCUT2D eigenvalue weighted by Gasteiger charge is 2.21. The summed E-state index contributed by atoms with van der Waals surface area (Å²) in [7, 11) is 0. The average molecular weight is 215 g/mol. The highest BCUT2D eigenvalue weighted by Crippen LogP contribution is 2.41. The fourth-order valence-corrected chi connectivity index (χ4v) is 3.58. The Morgan fingerprint density at radius 1 is 1.69 bits per heavy atom. The Kier molecular flexibility index (Phi) is 2.55. The Balaban J connectivity index is 2.16. The smallest absolute Gasteiger partial charge is 0.347 e. The van der Waals surface area contributed by atoms with Gasteiger partial charge in [0.2, 0.25) is 0 Å². The number of rotatable bonds is 2. The maximum Gasteiger partial charge on any atom is 0.347 e. The van der Waals surface area contributed by atoms with E-state index < -0.39 is 5.97 Å². The van der Waals surface area contributed by atoms with Crippen molar-refractivity contribution in [2.24, 2.45) is 0 Å². The summed E-state index contributed by atoms with van der Waals surface area (Å²) < 4.78 is 0. The lowest BCUT2D eigenvalue weighted by molar-refractivity contribution is 0.0702. The fourth-order valence-electron chi connectivity index (χ4n) is 1.31. The van der Waals surface area contributed by atoms with Gasteiger partial charge in [-0.15, -0.1) is 11.3 Å². The Morgan fingerprint density at radius 2 is 2.54 bits per heavy atom. The molecule has 5 heteroatoms. The van der Waals surface area contributed by atoms with E-state index in [2.05, 4.69) is 4.98 Å². The van der Waals surface area contributed by atoms with E-state index in [4.69, 9.17) is 5.11 Å². The minimum Gasteiger partial charge on any atom is -0.477 e. The minimum atomic E-state index is -0.869. The van der Waals surface area contributed by atoms with Gasteiger partial charge in [-0.3, -0.25) is 0 Å². The molecular weight excluding hydrogens is 206 g/mol. The molecule has 3 nitrogen and oxygen atoms in total. The van der Waals surface area contributed by atoms with E-state index in [1.54, 1.807) is 0 Å².